The van der Waals surface area contributed by atoms with E-state index in [4.69, 9.17) is 7.85 Å². The number of hydrogen-bond acceptors (Lipinski definition) is 1. The first-order chi connectivity index (χ1) is 7.00. The fraction of sp³-hybridized carbons (Fsp3) is 0.909. The fourth-order valence-electron chi connectivity index (χ4n) is 1.68. The van der Waals surface area contributed by atoms with Crippen LogP contribution in [0, 0.1) is 11.8 Å². The Morgan fingerprint density at radius 1 is 1.46 bits per heavy atom. The van der Waals surface area contributed by atoms with Crippen molar-refractivity contribution < 1.29 is 12.6 Å². The van der Waals surface area contributed by atoms with E-state index in [1.165, 1.54) is 12.8 Å². The third-order valence-electron chi connectivity index (χ3n) is 2.57. The van der Waals surface area contributed by atoms with Crippen LogP contribution in [0.2, 0.25) is 0 Å². The molecular formula is C11H20O2. The molecule has 0 saturated heterocycles. The van der Waals surface area contributed by atoms with E-state index >= 15 is 0 Å². The third-order valence-corrected chi connectivity index (χ3v) is 2.57. The van der Waals surface area contributed by atoms with E-state index in [1.54, 1.807) is 0 Å². The number of carboxylic acids is 1. The second-order valence-corrected chi connectivity index (χ2v) is 3.83. The number of rotatable bonds is 7. The van der Waals surface area contributed by atoms with Crippen molar-refractivity contribution >= 4 is 5.97 Å². The average molecular weight is 186 g/mol. The highest BCUT2D eigenvalue weighted by Gasteiger charge is 2.37. The van der Waals surface area contributed by atoms with E-state index in [0.717, 1.165) is 19.3 Å². The van der Waals surface area contributed by atoms with Crippen molar-refractivity contribution in [3.8, 4) is 0 Å². The molecule has 1 aliphatic rings. The number of unbranched alkanes of at least 4 members (excludes halogenated alkanes) is 3. The Morgan fingerprint density at radius 2 is 2.23 bits per heavy atom. The number of carboxylic acid groups (broad SMARTS) is 1. The van der Waals surface area contributed by atoms with Crippen molar-refractivity contribution in [1.82, 2.24) is 0 Å². The lowest BCUT2D eigenvalue weighted by molar-refractivity contribution is -0.137. The molecule has 0 aromatic rings. The molecule has 0 aromatic heterocycles. The zero-order valence-electron chi connectivity index (χ0n) is 10.3. The number of aliphatic carboxylic acids is 1. The Bertz CT molecular complexity index is 229. The van der Waals surface area contributed by atoms with Gasteiger partial charge < -0.3 is 5.11 Å². The van der Waals surface area contributed by atoms with Gasteiger partial charge in [-0.05, 0) is 18.2 Å². The summed E-state index contributed by atoms with van der Waals surface area (Å²) in [5, 5.41) is 8.62. The quantitative estimate of drug-likeness (QED) is 0.620. The monoisotopic (exact) mass is 186 g/mol. The van der Waals surface area contributed by atoms with Gasteiger partial charge in [-0.15, -0.1) is 0 Å². The highest BCUT2D eigenvalue weighted by Crippen LogP contribution is 2.44. The van der Waals surface area contributed by atoms with Gasteiger partial charge in [-0.25, -0.2) is 0 Å². The van der Waals surface area contributed by atoms with E-state index < -0.39 is 12.3 Å². The van der Waals surface area contributed by atoms with Crippen LogP contribution < -0.4 is 0 Å². The summed E-state index contributed by atoms with van der Waals surface area (Å²) >= 11 is 0. The van der Waals surface area contributed by atoms with Crippen LogP contribution in [-0.2, 0) is 4.79 Å². The molecule has 0 heterocycles. The van der Waals surface area contributed by atoms with E-state index in [-0.39, 0.29) is 18.3 Å². The molecule has 1 N–H and O–H groups in total. The van der Waals surface area contributed by atoms with E-state index in [9.17, 15) is 4.79 Å². The Labute approximate surface area is 83.1 Å². The van der Waals surface area contributed by atoms with Crippen LogP contribution in [0.1, 0.15) is 54.6 Å². The Morgan fingerprint density at radius 3 is 2.85 bits per heavy atom. The minimum atomic E-state index is -1.22. The molecule has 1 fully saturated rings. The van der Waals surface area contributed by atoms with Crippen LogP contribution in [0.15, 0.2) is 0 Å². The molecule has 1 rings (SSSR count). The lowest BCUT2D eigenvalue weighted by Crippen LogP contribution is -1.96. The topological polar surface area (TPSA) is 37.3 Å². The second-order valence-electron chi connectivity index (χ2n) is 3.83. The van der Waals surface area contributed by atoms with Gasteiger partial charge >= 0.3 is 5.97 Å². The largest absolute Gasteiger partial charge is 0.481 e. The first-order valence-electron chi connectivity index (χ1n) is 6.22. The maximum atomic E-state index is 10.5. The van der Waals surface area contributed by atoms with Gasteiger partial charge in [-0.1, -0.05) is 39.0 Å². The Kier molecular flexibility index (Phi) is 3.17. The molecule has 1 saturated carbocycles. The van der Waals surface area contributed by atoms with Gasteiger partial charge in [-0.3, -0.25) is 4.79 Å². The molecule has 1 aliphatic carbocycles. The molecule has 2 nitrogen and oxygen atoms in total. The van der Waals surface area contributed by atoms with E-state index in [1.807, 2.05) is 0 Å². The minimum Gasteiger partial charge on any atom is -0.481 e. The predicted octanol–water partition coefficient (Wildman–Crippen LogP) is 3.07. The van der Waals surface area contributed by atoms with Crippen molar-refractivity contribution in [2.75, 3.05) is 0 Å². The molecule has 76 valence electrons. The highest BCUT2D eigenvalue weighted by molar-refractivity contribution is 5.67. The maximum Gasteiger partial charge on any atom is 0.303 e. The second kappa shape index (κ2) is 5.25. The standard InChI is InChI=1S/C11H20O2/c1-2-3-4-5-6-9-7-10(9)8-11(12)13/h9-10H,2-8H2,1H3,(H,12,13)/i7D2. The third kappa shape index (κ3) is 4.30. The van der Waals surface area contributed by atoms with Crippen LogP contribution in [0.5, 0.6) is 0 Å². The molecule has 0 aromatic carbocycles. The summed E-state index contributed by atoms with van der Waals surface area (Å²) in [7, 11) is 0. The SMILES string of the molecule is [2H]C1([2H])C(CCCCCC)C1CC(=O)O. The molecule has 0 aliphatic heterocycles. The summed E-state index contributed by atoms with van der Waals surface area (Å²) < 4.78 is 15.3. The molecule has 2 heteroatoms. The van der Waals surface area contributed by atoms with Crippen molar-refractivity contribution in [1.29, 1.82) is 0 Å². The first kappa shape index (κ1) is 7.84. The van der Waals surface area contributed by atoms with Gasteiger partial charge in [-0.2, -0.15) is 0 Å². The lowest BCUT2D eigenvalue weighted by Gasteiger charge is -1.98. The van der Waals surface area contributed by atoms with Gasteiger partial charge in [0.2, 0.25) is 0 Å². The summed E-state index contributed by atoms with van der Waals surface area (Å²) in [6.07, 6.45) is 4.17. The van der Waals surface area contributed by atoms with Crippen LogP contribution in [0.4, 0.5) is 0 Å². The first-order valence-corrected chi connectivity index (χ1v) is 5.22. The molecule has 0 spiro atoms. The van der Waals surface area contributed by atoms with Crippen molar-refractivity contribution in [3.05, 3.63) is 0 Å². The molecule has 2 unspecified atom stereocenters. The smallest absolute Gasteiger partial charge is 0.303 e. The van der Waals surface area contributed by atoms with E-state index in [2.05, 4.69) is 6.92 Å². The lowest BCUT2D eigenvalue weighted by atomic mass is 10.1. The van der Waals surface area contributed by atoms with Crippen LogP contribution in [0.3, 0.4) is 0 Å². The normalized spacial score (nSPS) is 32.1. The van der Waals surface area contributed by atoms with Gasteiger partial charge in [0, 0.05) is 9.16 Å². The zero-order valence-corrected chi connectivity index (χ0v) is 8.25. The molecule has 0 amide bonds. The van der Waals surface area contributed by atoms with Crippen molar-refractivity contribution in [2.45, 2.75) is 51.8 Å². The zero-order chi connectivity index (χ0) is 11.5. The molecule has 0 bridgehead atoms. The van der Waals surface area contributed by atoms with Gasteiger partial charge in [0.05, 0.1) is 0 Å². The summed E-state index contributed by atoms with van der Waals surface area (Å²) in [6, 6.07) is 0. The average Bonchev–Trinajstić information content (AvgIpc) is 2.62. The molecular weight excluding hydrogens is 164 g/mol. The van der Waals surface area contributed by atoms with Gasteiger partial charge in [0.1, 0.15) is 0 Å². The van der Waals surface area contributed by atoms with Crippen molar-refractivity contribution in [2.24, 2.45) is 11.8 Å². The summed E-state index contributed by atoms with van der Waals surface area (Å²) in [4.78, 5) is 10.5. The molecule has 0 radical (unpaired) electrons. The fourth-order valence-corrected chi connectivity index (χ4v) is 1.68. The maximum absolute atomic E-state index is 10.5. The Hall–Kier alpha value is -0.530. The molecule has 2 atom stereocenters. The Balaban J connectivity index is 2.22. The van der Waals surface area contributed by atoms with Crippen LogP contribution in [-0.4, -0.2) is 11.1 Å². The number of carbonyl (C=O) groups is 1. The predicted molar refractivity (Wildman–Crippen MR) is 52.6 cm³/mol. The van der Waals surface area contributed by atoms with Crippen molar-refractivity contribution in [3.63, 3.8) is 0 Å². The van der Waals surface area contributed by atoms with Gasteiger partial charge in [0.25, 0.3) is 0 Å². The van der Waals surface area contributed by atoms with E-state index in [0.29, 0.717) is 0 Å². The minimum absolute atomic E-state index is 0.00849. The molecule has 13 heavy (non-hydrogen) atoms. The van der Waals surface area contributed by atoms with Gasteiger partial charge in [0.15, 0.2) is 0 Å². The summed E-state index contributed by atoms with van der Waals surface area (Å²) in [6.45, 7) is 2.14. The highest BCUT2D eigenvalue weighted by atomic mass is 16.4. The van der Waals surface area contributed by atoms with Crippen LogP contribution in [0.25, 0.3) is 0 Å². The summed E-state index contributed by atoms with van der Waals surface area (Å²) in [5.41, 5.74) is 0. The van der Waals surface area contributed by atoms with Crippen LogP contribution >= 0.6 is 0 Å². The number of hydrogen-bond donors (Lipinski definition) is 1. The summed E-state index contributed by atoms with van der Waals surface area (Å²) in [5.74, 6) is -1.12.